The standard InChI is InChI=1S/C12H10Br2FN3/c1-2-9-10(14)11(16)18-12(17-9)7-4-3-6(15)5-8(7)13/h3-5H,2H2,1H3,(H2,16,17,18). The van der Waals surface area contributed by atoms with Gasteiger partial charge in [0.1, 0.15) is 11.6 Å². The fraction of sp³-hybridized carbons (Fsp3) is 0.167. The summed E-state index contributed by atoms with van der Waals surface area (Å²) in [5.74, 6) is 0.555. The molecule has 18 heavy (non-hydrogen) atoms. The van der Waals surface area contributed by atoms with Crippen LogP contribution < -0.4 is 5.73 Å². The molecule has 0 saturated carbocycles. The number of nitrogens with two attached hydrogens (primary N) is 1. The first-order chi connectivity index (χ1) is 8.52. The van der Waals surface area contributed by atoms with E-state index in [1.54, 1.807) is 6.07 Å². The van der Waals surface area contributed by atoms with Crippen LogP contribution in [0.1, 0.15) is 12.6 Å². The molecule has 1 aromatic heterocycles. The average Bonchev–Trinajstić information content (AvgIpc) is 2.32. The van der Waals surface area contributed by atoms with Crippen molar-refractivity contribution in [3.05, 3.63) is 38.7 Å². The van der Waals surface area contributed by atoms with Gasteiger partial charge in [-0.05, 0) is 56.5 Å². The molecule has 3 nitrogen and oxygen atoms in total. The highest BCUT2D eigenvalue weighted by Gasteiger charge is 2.12. The number of hydrogen-bond donors (Lipinski definition) is 1. The highest BCUT2D eigenvalue weighted by atomic mass is 79.9. The molecule has 0 aliphatic carbocycles. The fourth-order valence-corrected chi connectivity index (χ4v) is 2.52. The molecule has 0 unspecified atom stereocenters. The maximum Gasteiger partial charge on any atom is 0.162 e. The van der Waals surface area contributed by atoms with Gasteiger partial charge in [-0.15, -0.1) is 0 Å². The molecule has 0 aliphatic heterocycles. The minimum absolute atomic E-state index is 0.313. The van der Waals surface area contributed by atoms with E-state index in [0.29, 0.717) is 26.2 Å². The van der Waals surface area contributed by atoms with Gasteiger partial charge in [0.15, 0.2) is 5.82 Å². The van der Waals surface area contributed by atoms with E-state index in [1.165, 1.54) is 12.1 Å². The van der Waals surface area contributed by atoms with Gasteiger partial charge in [-0.2, -0.15) is 0 Å². The van der Waals surface area contributed by atoms with Gasteiger partial charge in [0.25, 0.3) is 0 Å². The summed E-state index contributed by atoms with van der Waals surface area (Å²) in [5.41, 5.74) is 7.37. The molecule has 1 heterocycles. The van der Waals surface area contributed by atoms with Crippen molar-refractivity contribution in [3.8, 4) is 11.4 Å². The second-order valence-electron chi connectivity index (χ2n) is 3.67. The van der Waals surface area contributed by atoms with Gasteiger partial charge in [0.05, 0.1) is 10.2 Å². The lowest BCUT2D eigenvalue weighted by molar-refractivity contribution is 0.627. The monoisotopic (exact) mass is 373 g/mol. The molecule has 0 aliphatic rings. The Morgan fingerprint density at radius 3 is 2.61 bits per heavy atom. The number of aryl methyl sites for hydroxylation is 1. The van der Waals surface area contributed by atoms with E-state index in [2.05, 4.69) is 41.8 Å². The first-order valence-corrected chi connectivity index (χ1v) is 6.88. The van der Waals surface area contributed by atoms with Crippen LogP contribution >= 0.6 is 31.9 Å². The molecule has 0 amide bonds. The Hall–Kier alpha value is -1.01. The smallest absolute Gasteiger partial charge is 0.162 e. The SMILES string of the molecule is CCc1nc(-c2ccc(F)cc2Br)nc(N)c1Br. The summed E-state index contributed by atoms with van der Waals surface area (Å²) >= 11 is 6.66. The summed E-state index contributed by atoms with van der Waals surface area (Å²) in [6, 6.07) is 4.37. The Labute approximate surface area is 121 Å². The summed E-state index contributed by atoms with van der Waals surface area (Å²) in [6.07, 6.45) is 0.735. The van der Waals surface area contributed by atoms with Crippen molar-refractivity contribution in [1.29, 1.82) is 0 Å². The number of nitrogens with zero attached hydrogens (tertiary/aromatic N) is 2. The van der Waals surface area contributed by atoms with Crippen LogP contribution in [0.2, 0.25) is 0 Å². The van der Waals surface area contributed by atoms with Gasteiger partial charge in [0, 0.05) is 10.0 Å². The Morgan fingerprint density at radius 1 is 1.28 bits per heavy atom. The molecule has 1 aromatic carbocycles. The number of anilines is 1. The maximum atomic E-state index is 13.0. The number of hydrogen-bond acceptors (Lipinski definition) is 3. The lowest BCUT2D eigenvalue weighted by Crippen LogP contribution is -2.02. The second kappa shape index (κ2) is 5.32. The van der Waals surface area contributed by atoms with E-state index in [9.17, 15) is 4.39 Å². The first kappa shape index (κ1) is 13.4. The summed E-state index contributed by atoms with van der Waals surface area (Å²) < 4.78 is 14.4. The van der Waals surface area contributed by atoms with Gasteiger partial charge in [0.2, 0.25) is 0 Å². The normalized spacial score (nSPS) is 10.7. The molecular formula is C12H10Br2FN3. The molecule has 0 spiro atoms. The maximum absolute atomic E-state index is 13.0. The molecule has 0 saturated heterocycles. The average molecular weight is 375 g/mol. The molecule has 94 valence electrons. The van der Waals surface area contributed by atoms with Gasteiger partial charge in [-0.3, -0.25) is 0 Å². The minimum Gasteiger partial charge on any atom is -0.383 e. The third-order valence-electron chi connectivity index (χ3n) is 2.45. The van der Waals surface area contributed by atoms with Crippen LogP contribution in [-0.4, -0.2) is 9.97 Å². The highest BCUT2D eigenvalue weighted by molar-refractivity contribution is 9.11. The fourth-order valence-electron chi connectivity index (χ4n) is 1.54. The van der Waals surface area contributed by atoms with Crippen molar-refractivity contribution in [2.45, 2.75) is 13.3 Å². The van der Waals surface area contributed by atoms with Gasteiger partial charge in [-0.25, -0.2) is 14.4 Å². The van der Waals surface area contributed by atoms with Crippen molar-refractivity contribution in [2.24, 2.45) is 0 Å². The minimum atomic E-state index is -0.313. The number of aromatic nitrogens is 2. The van der Waals surface area contributed by atoms with E-state index < -0.39 is 0 Å². The lowest BCUT2D eigenvalue weighted by atomic mass is 10.2. The van der Waals surface area contributed by atoms with E-state index in [1.807, 2.05) is 6.92 Å². The van der Waals surface area contributed by atoms with Crippen LogP contribution in [0, 0.1) is 5.82 Å². The molecule has 0 radical (unpaired) electrons. The van der Waals surface area contributed by atoms with Crippen LogP contribution in [0.4, 0.5) is 10.2 Å². The Morgan fingerprint density at radius 2 is 2.00 bits per heavy atom. The van der Waals surface area contributed by atoms with Crippen molar-refractivity contribution in [3.63, 3.8) is 0 Å². The van der Waals surface area contributed by atoms with Crippen molar-refractivity contribution >= 4 is 37.7 Å². The lowest BCUT2D eigenvalue weighted by Gasteiger charge is -2.08. The quantitative estimate of drug-likeness (QED) is 0.865. The molecule has 2 aromatic rings. The van der Waals surface area contributed by atoms with Gasteiger partial charge < -0.3 is 5.73 Å². The zero-order valence-electron chi connectivity index (χ0n) is 9.54. The Kier molecular flexibility index (Phi) is 3.97. The predicted molar refractivity (Wildman–Crippen MR) is 76.6 cm³/mol. The molecular weight excluding hydrogens is 365 g/mol. The van der Waals surface area contributed by atoms with Gasteiger partial charge in [-0.1, -0.05) is 6.92 Å². The number of halogens is 3. The number of benzene rings is 1. The first-order valence-electron chi connectivity index (χ1n) is 5.30. The van der Waals surface area contributed by atoms with Crippen LogP contribution in [0.25, 0.3) is 11.4 Å². The molecule has 0 bridgehead atoms. The largest absolute Gasteiger partial charge is 0.383 e. The second-order valence-corrected chi connectivity index (χ2v) is 5.32. The molecule has 2 N–H and O–H groups in total. The zero-order valence-corrected chi connectivity index (χ0v) is 12.7. The van der Waals surface area contributed by atoms with Crippen molar-refractivity contribution < 1.29 is 4.39 Å². The third kappa shape index (κ3) is 2.54. The topological polar surface area (TPSA) is 51.8 Å². The highest BCUT2D eigenvalue weighted by Crippen LogP contribution is 2.30. The molecule has 6 heteroatoms. The van der Waals surface area contributed by atoms with Crippen LogP contribution in [0.3, 0.4) is 0 Å². The Bertz CT molecular complexity index is 602. The van der Waals surface area contributed by atoms with Crippen LogP contribution in [0.5, 0.6) is 0 Å². The number of rotatable bonds is 2. The van der Waals surface area contributed by atoms with Crippen molar-refractivity contribution in [1.82, 2.24) is 9.97 Å². The van der Waals surface area contributed by atoms with Crippen molar-refractivity contribution in [2.75, 3.05) is 5.73 Å². The van der Waals surface area contributed by atoms with E-state index in [0.717, 1.165) is 12.1 Å². The zero-order chi connectivity index (χ0) is 13.3. The van der Waals surface area contributed by atoms with E-state index >= 15 is 0 Å². The third-order valence-corrected chi connectivity index (χ3v) is 3.97. The van der Waals surface area contributed by atoms with Crippen LogP contribution in [0.15, 0.2) is 27.1 Å². The number of nitrogen functional groups attached to an aromatic ring is 1. The predicted octanol–water partition coefficient (Wildman–Crippen LogP) is 3.95. The summed E-state index contributed by atoms with van der Waals surface area (Å²) in [5, 5.41) is 0. The molecule has 0 fully saturated rings. The Balaban J connectivity index is 2.60. The van der Waals surface area contributed by atoms with E-state index in [4.69, 9.17) is 5.73 Å². The van der Waals surface area contributed by atoms with Gasteiger partial charge >= 0.3 is 0 Å². The summed E-state index contributed by atoms with van der Waals surface area (Å²) in [7, 11) is 0. The summed E-state index contributed by atoms with van der Waals surface area (Å²) in [4.78, 5) is 8.63. The molecule has 2 rings (SSSR count). The summed E-state index contributed by atoms with van der Waals surface area (Å²) in [6.45, 7) is 1.98. The molecule has 0 atom stereocenters. The van der Waals surface area contributed by atoms with Crippen LogP contribution in [-0.2, 0) is 6.42 Å². The van der Waals surface area contributed by atoms with E-state index in [-0.39, 0.29) is 5.82 Å².